The Hall–Kier alpha value is -0.980. The number of hydrogen-bond acceptors (Lipinski definition) is 4. The second-order valence-corrected chi connectivity index (χ2v) is 8.62. The second-order valence-electron chi connectivity index (χ2n) is 6.58. The summed E-state index contributed by atoms with van der Waals surface area (Å²) >= 11 is 0. The normalized spacial score (nSPS) is 27.5. The summed E-state index contributed by atoms with van der Waals surface area (Å²) in [4.78, 5) is 6.41. The molecule has 2 fully saturated rings. The first-order chi connectivity index (χ1) is 10.6. The van der Waals surface area contributed by atoms with Gasteiger partial charge < -0.3 is 4.90 Å². The Morgan fingerprint density at radius 2 is 2.09 bits per heavy atom. The molecule has 22 heavy (non-hydrogen) atoms. The van der Waals surface area contributed by atoms with E-state index in [1.807, 2.05) is 12.1 Å². The van der Waals surface area contributed by atoms with Crippen LogP contribution in [0.5, 0.6) is 0 Å². The second kappa shape index (κ2) is 6.64. The minimum Gasteiger partial charge on any atom is -0.302 e. The molecule has 1 aromatic heterocycles. The maximum Gasteiger partial charge on any atom is 0.215 e. The molecule has 0 bridgehead atoms. The lowest BCUT2D eigenvalue weighted by Gasteiger charge is -2.25. The molecule has 0 aliphatic carbocycles. The van der Waals surface area contributed by atoms with Gasteiger partial charge in [-0.15, -0.1) is 0 Å². The van der Waals surface area contributed by atoms with Crippen molar-refractivity contribution < 1.29 is 8.42 Å². The third-order valence-electron chi connectivity index (χ3n) is 4.76. The van der Waals surface area contributed by atoms with E-state index >= 15 is 0 Å². The predicted octanol–water partition coefficient (Wildman–Crippen LogP) is 1.89. The Labute approximate surface area is 133 Å². The summed E-state index contributed by atoms with van der Waals surface area (Å²) in [5, 5.41) is 0. The van der Waals surface area contributed by atoms with Crippen molar-refractivity contribution in [2.45, 2.75) is 32.2 Å². The maximum absolute atomic E-state index is 12.8. The van der Waals surface area contributed by atoms with Gasteiger partial charge in [0.1, 0.15) is 0 Å². The summed E-state index contributed by atoms with van der Waals surface area (Å²) in [5.41, 5.74) is 1.01. The zero-order chi connectivity index (χ0) is 15.6. The molecular formula is C16H25N3O2S. The van der Waals surface area contributed by atoms with Crippen molar-refractivity contribution in [2.75, 3.05) is 31.9 Å². The smallest absolute Gasteiger partial charge is 0.215 e. The molecule has 0 saturated carbocycles. The average molecular weight is 323 g/mol. The van der Waals surface area contributed by atoms with Crippen LogP contribution in [0.1, 0.15) is 37.8 Å². The first kappa shape index (κ1) is 15.9. The molecule has 0 spiro atoms. The van der Waals surface area contributed by atoms with Crippen molar-refractivity contribution in [3.8, 4) is 0 Å². The van der Waals surface area contributed by atoms with Gasteiger partial charge in [-0.3, -0.25) is 4.98 Å². The van der Waals surface area contributed by atoms with Gasteiger partial charge in [-0.05, 0) is 49.9 Å². The van der Waals surface area contributed by atoms with Crippen molar-refractivity contribution in [2.24, 2.45) is 5.92 Å². The molecule has 2 aliphatic heterocycles. The number of rotatable bonds is 5. The third-order valence-corrected chi connectivity index (χ3v) is 6.57. The number of aromatic nitrogens is 1. The number of sulfonamides is 1. The molecule has 0 aromatic carbocycles. The fourth-order valence-corrected chi connectivity index (χ4v) is 5.36. The molecule has 1 aromatic rings. The maximum atomic E-state index is 12.8. The Morgan fingerprint density at radius 1 is 1.32 bits per heavy atom. The van der Waals surface area contributed by atoms with E-state index in [4.69, 9.17) is 0 Å². The standard InChI is InChI=1S/C16H25N3O2S/c1-14-11-16(15-5-4-6-17-12-15)19(13-14)22(20,21)10-9-18-7-2-3-8-18/h4-6,12,14,16H,2-3,7-11,13H2,1H3. The van der Waals surface area contributed by atoms with E-state index in [0.717, 1.165) is 25.1 Å². The molecule has 0 N–H and O–H groups in total. The summed E-state index contributed by atoms with van der Waals surface area (Å²) in [6, 6.07) is 3.82. The van der Waals surface area contributed by atoms with E-state index in [9.17, 15) is 8.42 Å². The van der Waals surface area contributed by atoms with E-state index in [0.29, 0.717) is 19.0 Å². The Kier molecular flexibility index (Phi) is 4.80. The number of hydrogen-bond donors (Lipinski definition) is 0. The van der Waals surface area contributed by atoms with Gasteiger partial charge in [0.05, 0.1) is 11.8 Å². The predicted molar refractivity (Wildman–Crippen MR) is 86.9 cm³/mol. The highest BCUT2D eigenvalue weighted by molar-refractivity contribution is 7.89. The van der Waals surface area contributed by atoms with E-state index in [2.05, 4.69) is 16.8 Å². The van der Waals surface area contributed by atoms with Crippen molar-refractivity contribution in [3.63, 3.8) is 0 Å². The Morgan fingerprint density at radius 3 is 2.77 bits per heavy atom. The van der Waals surface area contributed by atoms with Crippen LogP contribution in [0.2, 0.25) is 0 Å². The van der Waals surface area contributed by atoms with Gasteiger partial charge in [-0.2, -0.15) is 4.31 Å². The van der Waals surface area contributed by atoms with Crippen LogP contribution in [0.4, 0.5) is 0 Å². The van der Waals surface area contributed by atoms with E-state index in [1.54, 1.807) is 16.7 Å². The van der Waals surface area contributed by atoms with Crippen LogP contribution in [0, 0.1) is 5.92 Å². The minimum atomic E-state index is -3.21. The molecule has 3 rings (SSSR count). The number of likely N-dealkylation sites (tertiary alicyclic amines) is 1. The SMILES string of the molecule is CC1CC(c2cccnc2)N(S(=O)(=O)CCN2CCCC2)C1. The molecule has 3 heterocycles. The van der Waals surface area contributed by atoms with Gasteiger partial charge in [-0.1, -0.05) is 13.0 Å². The van der Waals surface area contributed by atoms with Gasteiger partial charge in [0.25, 0.3) is 0 Å². The Balaban J connectivity index is 1.72. The molecule has 2 aliphatic rings. The van der Waals surface area contributed by atoms with Crippen LogP contribution < -0.4 is 0 Å². The third kappa shape index (κ3) is 3.50. The average Bonchev–Trinajstić information content (AvgIpc) is 3.16. The summed E-state index contributed by atoms with van der Waals surface area (Å²) in [5.74, 6) is 0.628. The molecule has 5 nitrogen and oxygen atoms in total. The van der Waals surface area contributed by atoms with Gasteiger partial charge in [0, 0.05) is 25.5 Å². The molecule has 122 valence electrons. The summed E-state index contributed by atoms with van der Waals surface area (Å²) in [6.07, 6.45) is 6.80. The molecule has 0 radical (unpaired) electrons. The summed E-state index contributed by atoms with van der Waals surface area (Å²) < 4.78 is 27.3. The molecule has 0 amide bonds. The van der Waals surface area contributed by atoms with E-state index in [1.165, 1.54) is 12.8 Å². The first-order valence-corrected chi connectivity index (χ1v) is 9.79. The lowest BCUT2D eigenvalue weighted by molar-refractivity contribution is 0.348. The lowest BCUT2D eigenvalue weighted by Crippen LogP contribution is -2.37. The van der Waals surface area contributed by atoms with Crippen molar-refractivity contribution in [1.82, 2.24) is 14.2 Å². The van der Waals surface area contributed by atoms with Crippen LogP contribution in [-0.2, 0) is 10.0 Å². The lowest BCUT2D eigenvalue weighted by atomic mass is 10.0. The van der Waals surface area contributed by atoms with Crippen LogP contribution in [0.25, 0.3) is 0 Å². The summed E-state index contributed by atoms with van der Waals surface area (Å²) in [7, 11) is -3.21. The van der Waals surface area contributed by atoms with Gasteiger partial charge in [0.2, 0.25) is 10.0 Å². The highest BCUT2D eigenvalue weighted by atomic mass is 32.2. The number of nitrogens with zero attached hydrogens (tertiary/aromatic N) is 3. The molecule has 2 saturated heterocycles. The van der Waals surface area contributed by atoms with E-state index < -0.39 is 10.0 Å². The van der Waals surface area contributed by atoms with Crippen LogP contribution in [-0.4, -0.2) is 54.5 Å². The zero-order valence-corrected chi connectivity index (χ0v) is 14.0. The minimum absolute atomic E-state index is 0.0488. The quantitative estimate of drug-likeness (QED) is 0.830. The molecule has 2 unspecified atom stereocenters. The van der Waals surface area contributed by atoms with Crippen molar-refractivity contribution in [3.05, 3.63) is 30.1 Å². The van der Waals surface area contributed by atoms with Crippen molar-refractivity contribution >= 4 is 10.0 Å². The fourth-order valence-electron chi connectivity index (χ4n) is 3.56. The van der Waals surface area contributed by atoms with Crippen LogP contribution in [0.3, 0.4) is 0 Å². The highest BCUT2D eigenvalue weighted by Crippen LogP contribution is 2.37. The van der Waals surface area contributed by atoms with Gasteiger partial charge >= 0.3 is 0 Å². The van der Waals surface area contributed by atoms with E-state index in [-0.39, 0.29) is 11.8 Å². The van der Waals surface area contributed by atoms with Crippen molar-refractivity contribution in [1.29, 1.82) is 0 Å². The largest absolute Gasteiger partial charge is 0.302 e. The number of pyridine rings is 1. The molecular weight excluding hydrogens is 298 g/mol. The summed E-state index contributed by atoms with van der Waals surface area (Å²) in [6.45, 7) is 5.49. The highest BCUT2D eigenvalue weighted by Gasteiger charge is 2.38. The fraction of sp³-hybridized carbons (Fsp3) is 0.688. The monoisotopic (exact) mass is 323 g/mol. The van der Waals surface area contributed by atoms with Gasteiger partial charge in [-0.25, -0.2) is 8.42 Å². The molecule has 6 heteroatoms. The van der Waals surface area contributed by atoms with Gasteiger partial charge in [0.15, 0.2) is 0 Å². The first-order valence-electron chi connectivity index (χ1n) is 8.18. The topological polar surface area (TPSA) is 53.5 Å². The van der Waals surface area contributed by atoms with Crippen LogP contribution >= 0.6 is 0 Å². The molecule has 2 atom stereocenters. The zero-order valence-electron chi connectivity index (χ0n) is 13.2. The van der Waals surface area contributed by atoms with Crippen LogP contribution in [0.15, 0.2) is 24.5 Å². The Bertz CT molecular complexity index is 585.